The number of aromatic nitrogens is 2. The molecule has 0 aliphatic heterocycles. The smallest absolute Gasteiger partial charge is 0.261 e. The van der Waals surface area contributed by atoms with E-state index in [4.69, 9.17) is 9.26 Å². The second kappa shape index (κ2) is 5.63. The number of aryl methyl sites for hydroxylation is 1. The number of aromatic hydroxyl groups is 1. The summed E-state index contributed by atoms with van der Waals surface area (Å²) in [4.78, 5) is 4.40. The molecular weight excluding hydrogens is 256 g/mol. The molecule has 0 bridgehead atoms. The van der Waals surface area contributed by atoms with E-state index in [1.54, 1.807) is 13.2 Å². The Morgan fingerprint density at radius 2 is 2.00 bits per heavy atom. The summed E-state index contributed by atoms with van der Waals surface area (Å²) in [5.74, 6) is 0.951. The minimum Gasteiger partial charge on any atom is -0.507 e. The topological polar surface area (TPSA) is 68.4 Å². The summed E-state index contributed by atoms with van der Waals surface area (Å²) in [6, 6.07) is 5.27. The van der Waals surface area contributed by atoms with Crippen molar-refractivity contribution in [2.45, 2.75) is 39.2 Å². The Labute approximate surface area is 118 Å². The Balaban J connectivity index is 2.45. The molecule has 0 spiro atoms. The van der Waals surface area contributed by atoms with Gasteiger partial charge in [0.1, 0.15) is 11.4 Å². The maximum absolute atomic E-state index is 9.91. The second-order valence-corrected chi connectivity index (χ2v) is 4.85. The predicted molar refractivity (Wildman–Crippen MR) is 75.4 cm³/mol. The number of rotatable bonds is 5. The maximum Gasteiger partial charge on any atom is 0.261 e. The number of phenols is 1. The number of nitrogens with zero attached hydrogens (tertiary/aromatic N) is 2. The monoisotopic (exact) mass is 276 g/mol. The molecule has 1 N–H and O–H groups in total. The van der Waals surface area contributed by atoms with Crippen molar-refractivity contribution in [3.63, 3.8) is 0 Å². The SMILES string of the molecule is CCC(CC)(OC)c1noc(-c2cc(C)ccc2O)n1. The number of benzene rings is 1. The molecule has 5 heteroatoms. The minimum absolute atomic E-state index is 0.127. The number of ether oxygens (including phenoxy) is 1. The van der Waals surface area contributed by atoms with Crippen LogP contribution in [0, 0.1) is 6.92 Å². The molecule has 1 aromatic carbocycles. The van der Waals surface area contributed by atoms with E-state index >= 15 is 0 Å². The third kappa shape index (κ3) is 2.41. The zero-order chi connectivity index (χ0) is 14.8. The van der Waals surface area contributed by atoms with E-state index in [1.807, 2.05) is 32.9 Å². The van der Waals surface area contributed by atoms with Gasteiger partial charge in [0.25, 0.3) is 5.89 Å². The molecule has 2 aromatic rings. The molecule has 0 unspecified atom stereocenters. The molecule has 0 fully saturated rings. The van der Waals surface area contributed by atoms with Crippen LogP contribution in [0.3, 0.4) is 0 Å². The molecule has 0 aliphatic carbocycles. The summed E-state index contributed by atoms with van der Waals surface area (Å²) in [7, 11) is 1.65. The van der Waals surface area contributed by atoms with Crippen LogP contribution in [0.5, 0.6) is 5.75 Å². The fourth-order valence-electron chi connectivity index (χ4n) is 2.29. The van der Waals surface area contributed by atoms with Crippen molar-refractivity contribution >= 4 is 0 Å². The van der Waals surface area contributed by atoms with Gasteiger partial charge in [-0.3, -0.25) is 0 Å². The fraction of sp³-hybridized carbons (Fsp3) is 0.467. The Kier molecular flexibility index (Phi) is 4.09. The van der Waals surface area contributed by atoms with Crippen LogP contribution < -0.4 is 0 Å². The Bertz CT molecular complexity index is 580. The Morgan fingerprint density at radius 1 is 1.30 bits per heavy atom. The van der Waals surface area contributed by atoms with E-state index in [-0.39, 0.29) is 5.75 Å². The molecule has 0 saturated heterocycles. The number of phenolic OH excluding ortho intramolecular Hbond substituents is 1. The van der Waals surface area contributed by atoms with Crippen molar-refractivity contribution in [1.82, 2.24) is 10.1 Å². The van der Waals surface area contributed by atoms with Gasteiger partial charge in [-0.25, -0.2) is 0 Å². The molecule has 5 nitrogen and oxygen atoms in total. The highest BCUT2D eigenvalue weighted by Crippen LogP contribution is 2.34. The number of hydrogen-bond donors (Lipinski definition) is 1. The number of hydrogen-bond acceptors (Lipinski definition) is 5. The average molecular weight is 276 g/mol. The van der Waals surface area contributed by atoms with Crippen molar-refractivity contribution in [2.24, 2.45) is 0 Å². The highest BCUT2D eigenvalue weighted by molar-refractivity contribution is 5.63. The van der Waals surface area contributed by atoms with Gasteiger partial charge in [0, 0.05) is 7.11 Å². The Morgan fingerprint density at radius 3 is 2.60 bits per heavy atom. The highest BCUT2D eigenvalue weighted by Gasteiger charge is 2.34. The standard InChI is InChI=1S/C15H20N2O3/c1-5-15(6-2,19-4)14-16-13(20-17-14)11-9-10(3)7-8-12(11)18/h7-9,18H,5-6H2,1-4H3. The summed E-state index contributed by atoms with van der Waals surface area (Å²) in [6.45, 7) is 5.98. The summed E-state index contributed by atoms with van der Waals surface area (Å²) in [5.41, 5.74) is 1.02. The molecule has 0 atom stereocenters. The van der Waals surface area contributed by atoms with Crippen molar-refractivity contribution in [3.8, 4) is 17.2 Å². The molecule has 20 heavy (non-hydrogen) atoms. The lowest BCUT2D eigenvalue weighted by molar-refractivity contribution is -0.0306. The van der Waals surface area contributed by atoms with Gasteiger partial charge in [-0.1, -0.05) is 30.6 Å². The molecule has 108 valence electrons. The van der Waals surface area contributed by atoms with Gasteiger partial charge in [-0.2, -0.15) is 4.98 Å². The molecule has 0 amide bonds. The summed E-state index contributed by atoms with van der Waals surface area (Å²) in [6.07, 6.45) is 1.50. The molecule has 0 aliphatic rings. The van der Waals surface area contributed by atoms with Gasteiger partial charge in [0.05, 0.1) is 5.56 Å². The van der Waals surface area contributed by atoms with E-state index in [9.17, 15) is 5.11 Å². The second-order valence-electron chi connectivity index (χ2n) is 4.85. The van der Waals surface area contributed by atoms with Crippen LogP contribution in [0.1, 0.15) is 38.1 Å². The first kappa shape index (κ1) is 14.5. The summed E-state index contributed by atoms with van der Waals surface area (Å²) in [5, 5.41) is 13.9. The first-order valence-electron chi connectivity index (χ1n) is 6.75. The largest absolute Gasteiger partial charge is 0.507 e. The molecular formula is C15H20N2O3. The normalized spacial score (nSPS) is 11.8. The first-order valence-corrected chi connectivity index (χ1v) is 6.75. The molecule has 0 radical (unpaired) electrons. The predicted octanol–water partition coefficient (Wildman–Crippen LogP) is 3.41. The third-order valence-corrected chi connectivity index (χ3v) is 3.75. The quantitative estimate of drug-likeness (QED) is 0.906. The average Bonchev–Trinajstić information content (AvgIpc) is 2.94. The van der Waals surface area contributed by atoms with Crippen molar-refractivity contribution < 1.29 is 14.4 Å². The van der Waals surface area contributed by atoms with Crippen LogP contribution in [0.15, 0.2) is 22.7 Å². The zero-order valence-corrected chi connectivity index (χ0v) is 12.3. The third-order valence-electron chi connectivity index (χ3n) is 3.75. The van der Waals surface area contributed by atoms with Gasteiger partial charge < -0.3 is 14.4 Å². The minimum atomic E-state index is -0.540. The lowest BCUT2D eigenvalue weighted by Crippen LogP contribution is -2.28. The van der Waals surface area contributed by atoms with Gasteiger partial charge in [-0.15, -0.1) is 0 Å². The van der Waals surface area contributed by atoms with Crippen molar-refractivity contribution in [1.29, 1.82) is 0 Å². The van der Waals surface area contributed by atoms with E-state index in [0.717, 1.165) is 18.4 Å². The van der Waals surface area contributed by atoms with Crippen LogP contribution in [0.4, 0.5) is 0 Å². The van der Waals surface area contributed by atoms with Gasteiger partial charge >= 0.3 is 0 Å². The summed E-state index contributed by atoms with van der Waals surface area (Å²) < 4.78 is 10.9. The van der Waals surface area contributed by atoms with Crippen molar-refractivity contribution in [2.75, 3.05) is 7.11 Å². The zero-order valence-electron chi connectivity index (χ0n) is 12.3. The summed E-state index contributed by atoms with van der Waals surface area (Å²) >= 11 is 0. The van der Waals surface area contributed by atoms with E-state index < -0.39 is 5.60 Å². The van der Waals surface area contributed by atoms with Crippen LogP contribution in [-0.2, 0) is 10.3 Å². The molecule has 0 saturated carbocycles. The first-order chi connectivity index (χ1) is 9.56. The molecule has 2 rings (SSSR count). The van der Waals surface area contributed by atoms with Gasteiger partial charge in [-0.05, 0) is 31.9 Å². The van der Waals surface area contributed by atoms with Crippen LogP contribution in [0.2, 0.25) is 0 Å². The number of methoxy groups -OCH3 is 1. The Hall–Kier alpha value is -1.88. The van der Waals surface area contributed by atoms with Crippen LogP contribution in [-0.4, -0.2) is 22.4 Å². The molecule has 1 aromatic heterocycles. The maximum atomic E-state index is 9.91. The molecule has 1 heterocycles. The lowest BCUT2D eigenvalue weighted by Gasteiger charge is -2.25. The lowest BCUT2D eigenvalue weighted by atomic mass is 9.96. The van der Waals surface area contributed by atoms with E-state index in [1.165, 1.54) is 0 Å². The van der Waals surface area contributed by atoms with Crippen LogP contribution >= 0.6 is 0 Å². The van der Waals surface area contributed by atoms with E-state index in [0.29, 0.717) is 17.3 Å². The van der Waals surface area contributed by atoms with E-state index in [2.05, 4.69) is 10.1 Å². The van der Waals surface area contributed by atoms with Gasteiger partial charge in [0.2, 0.25) is 5.82 Å². The van der Waals surface area contributed by atoms with Crippen LogP contribution in [0.25, 0.3) is 11.5 Å². The highest BCUT2D eigenvalue weighted by atomic mass is 16.5. The fourth-order valence-corrected chi connectivity index (χ4v) is 2.29. The van der Waals surface area contributed by atoms with Crippen molar-refractivity contribution in [3.05, 3.63) is 29.6 Å². The van der Waals surface area contributed by atoms with Gasteiger partial charge in [0.15, 0.2) is 0 Å².